The summed E-state index contributed by atoms with van der Waals surface area (Å²) in [5.41, 5.74) is 0. The second-order valence-electron chi connectivity index (χ2n) is 3.95. The first-order chi connectivity index (χ1) is 6.74. The third-order valence-electron chi connectivity index (χ3n) is 2.61. The molecule has 78 valence electrons. The molecule has 0 bridgehead atoms. The third kappa shape index (κ3) is 2.61. The summed E-state index contributed by atoms with van der Waals surface area (Å²) in [7, 11) is 0. The van der Waals surface area contributed by atoms with Gasteiger partial charge >= 0.3 is 0 Å². The molecule has 4 heteroatoms. The zero-order chi connectivity index (χ0) is 9.97. The largest absolute Gasteiger partial charge is 0.467 e. The molecule has 1 fully saturated rings. The first-order valence-electron chi connectivity index (χ1n) is 5.01. The highest BCUT2D eigenvalue weighted by Gasteiger charge is 2.21. The van der Waals surface area contributed by atoms with Gasteiger partial charge in [-0.25, -0.2) is 0 Å². The summed E-state index contributed by atoms with van der Waals surface area (Å²) in [6.45, 7) is 2.28. The molecule has 1 saturated carbocycles. The Hall–Kier alpha value is -0.280. The summed E-state index contributed by atoms with van der Waals surface area (Å²) < 4.78 is 5.77. The van der Waals surface area contributed by atoms with E-state index in [9.17, 15) is 0 Å². The van der Waals surface area contributed by atoms with Gasteiger partial charge in [0.2, 0.25) is 0 Å². The Balaban J connectivity index is 1.90. The maximum Gasteiger partial charge on any atom is 0.274 e. The lowest BCUT2D eigenvalue weighted by Gasteiger charge is -2.26. The van der Waals surface area contributed by atoms with Gasteiger partial charge in [0.15, 0.2) is 0 Å². The Morgan fingerprint density at radius 2 is 2.43 bits per heavy atom. The molecule has 0 radical (unpaired) electrons. The van der Waals surface area contributed by atoms with Gasteiger partial charge in [-0.1, -0.05) is 36.3 Å². The fraction of sp³-hybridized carbons (Fsp3) is 0.700. The fourth-order valence-corrected chi connectivity index (χ4v) is 2.78. The monoisotopic (exact) mass is 231 g/mol. The van der Waals surface area contributed by atoms with Crippen molar-refractivity contribution in [1.29, 1.82) is 0 Å². The minimum Gasteiger partial charge on any atom is -0.467 e. The summed E-state index contributed by atoms with van der Waals surface area (Å²) in [4.78, 5) is 4.09. The van der Waals surface area contributed by atoms with Crippen LogP contribution in [-0.4, -0.2) is 11.1 Å². The molecule has 2 rings (SSSR count). The quantitative estimate of drug-likeness (QED) is 0.774. The van der Waals surface area contributed by atoms with Crippen LogP contribution in [0.5, 0.6) is 5.19 Å². The molecule has 1 aliphatic carbocycles. The number of thiazole rings is 1. The van der Waals surface area contributed by atoms with Gasteiger partial charge < -0.3 is 4.74 Å². The van der Waals surface area contributed by atoms with Crippen molar-refractivity contribution in [2.24, 2.45) is 5.92 Å². The highest BCUT2D eigenvalue weighted by atomic mass is 35.5. The molecule has 1 aliphatic rings. The van der Waals surface area contributed by atoms with Gasteiger partial charge in [0.1, 0.15) is 11.3 Å². The molecule has 2 atom stereocenters. The van der Waals surface area contributed by atoms with Gasteiger partial charge in [-0.2, -0.15) is 4.98 Å². The molecule has 0 spiro atoms. The van der Waals surface area contributed by atoms with Crippen LogP contribution >= 0.6 is 22.9 Å². The van der Waals surface area contributed by atoms with E-state index in [-0.39, 0.29) is 0 Å². The number of hydrogen-bond acceptors (Lipinski definition) is 3. The van der Waals surface area contributed by atoms with Gasteiger partial charge in [-0.3, -0.25) is 0 Å². The predicted octanol–water partition coefficient (Wildman–Crippen LogP) is 3.75. The molecule has 0 aromatic carbocycles. The summed E-state index contributed by atoms with van der Waals surface area (Å²) in [5, 5.41) is 3.06. The molecule has 0 aliphatic heterocycles. The molecule has 0 N–H and O–H groups in total. The van der Waals surface area contributed by atoms with Crippen molar-refractivity contribution in [3.63, 3.8) is 0 Å². The zero-order valence-corrected chi connectivity index (χ0v) is 9.77. The predicted molar refractivity (Wildman–Crippen MR) is 59.2 cm³/mol. The van der Waals surface area contributed by atoms with Crippen molar-refractivity contribution in [3.8, 4) is 5.19 Å². The standard InChI is InChI=1S/C10H14ClNOS/c1-7-3-2-4-8(5-7)13-10-12-9(11)6-14-10/h6-8H,2-5H2,1H3. The van der Waals surface area contributed by atoms with E-state index in [1.807, 2.05) is 5.38 Å². The number of halogens is 1. The zero-order valence-electron chi connectivity index (χ0n) is 8.20. The molecule has 2 nitrogen and oxygen atoms in total. The number of aromatic nitrogens is 1. The molecule has 1 aromatic heterocycles. The van der Waals surface area contributed by atoms with Crippen molar-refractivity contribution in [1.82, 2.24) is 4.98 Å². The number of rotatable bonds is 2. The smallest absolute Gasteiger partial charge is 0.274 e. The van der Waals surface area contributed by atoms with Gasteiger partial charge in [-0.05, 0) is 25.2 Å². The molecular weight excluding hydrogens is 218 g/mol. The van der Waals surface area contributed by atoms with Crippen molar-refractivity contribution < 1.29 is 4.74 Å². The Labute approximate surface area is 93.3 Å². The number of ether oxygens (including phenoxy) is 1. The highest BCUT2D eigenvalue weighted by Crippen LogP contribution is 2.29. The van der Waals surface area contributed by atoms with Crippen LogP contribution in [0.4, 0.5) is 0 Å². The van der Waals surface area contributed by atoms with Crippen LogP contribution in [0.2, 0.25) is 5.15 Å². The van der Waals surface area contributed by atoms with Gasteiger partial charge in [0.25, 0.3) is 5.19 Å². The Morgan fingerprint density at radius 3 is 3.07 bits per heavy atom. The molecule has 0 saturated heterocycles. The maximum atomic E-state index is 5.77. The Morgan fingerprint density at radius 1 is 1.57 bits per heavy atom. The van der Waals surface area contributed by atoms with Crippen LogP contribution in [0.3, 0.4) is 0 Å². The first-order valence-corrected chi connectivity index (χ1v) is 6.27. The fourth-order valence-electron chi connectivity index (χ4n) is 1.92. The second-order valence-corrected chi connectivity index (χ2v) is 5.16. The highest BCUT2D eigenvalue weighted by molar-refractivity contribution is 7.11. The third-order valence-corrected chi connectivity index (χ3v) is 3.66. The summed E-state index contributed by atoms with van der Waals surface area (Å²) in [6, 6.07) is 0. The SMILES string of the molecule is CC1CCCC(Oc2nc(Cl)cs2)C1. The van der Waals surface area contributed by atoms with Crippen LogP contribution in [0.1, 0.15) is 32.6 Å². The van der Waals surface area contributed by atoms with Crippen LogP contribution in [0, 0.1) is 5.92 Å². The molecule has 1 heterocycles. The van der Waals surface area contributed by atoms with Crippen LogP contribution < -0.4 is 4.74 Å². The summed E-state index contributed by atoms with van der Waals surface area (Å²) >= 11 is 7.21. The van der Waals surface area contributed by atoms with Crippen LogP contribution in [-0.2, 0) is 0 Å². The van der Waals surface area contributed by atoms with Crippen molar-refractivity contribution >= 4 is 22.9 Å². The first kappa shape index (κ1) is 10.2. The maximum absolute atomic E-state index is 5.77. The number of hydrogen-bond donors (Lipinski definition) is 0. The van der Waals surface area contributed by atoms with E-state index >= 15 is 0 Å². The lowest BCUT2D eigenvalue weighted by atomic mass is 9.89. The van der Waals surface area contributed by atoms with E-state index in [4.69, 9.17) is 16.3 Å². The van der Waals surface area contributed by atoms with Crippen molar-refractivity contribution in [2.75, 3.05) is 0 Å². The van der Waals surface area contributed by atoms with E-state index in [0.717, 1.165) is 18.8 Å². The van der Waals surface area contributed by atoms with E-state index in [2.05, 4.69) is 11.9 Å². The summed E-state index contributed by atoms with van der Waals surface area (Å²) in [6.07, 6.45) is 5.25. The topological polar surface area (TPSA) is 22.1 Å². The van der Waals surface area contributed by atoms with Crippen molar-refractivity contribution in [2.45, 2.75) is 38.7 Å². The van der Waals surface area contributed by atoms with E-state index < -0.39 is 0 Å². The lowest BCUT2D eigenvalue weighted by Crippen LogP contribution is -2.23. The van der Waals surface area contributed by atoms with E-state index in [0.29, 0.717) is 16.5 Å². The van der Waals surface area contributed by atoms with Crippen molar-refractivity contribution in [3.05, 3.63) is 10.5 Å². The van der Waals surface area contributed by atoms with Crippen LogP contribution in [0.25, 0.3) is 0 Å². The Bertz CT molecular complexity index is 302. The summed E-state index contributed by atoms with van der Waals surface area (Å²) in [5.74, 6) is 0.782. The van der Waals surface area contributed by atoms with Gasteiger partial charge in [0.05, 0.1) is 0 Å². The average Bonchev–Trinajstić information content (AvgIpc) is 2.51. The Kier molecular flexibility index (Phi) is 3.29. The minimum absolute atomic E-state index is 0.348. The second kappa shape index (κ2) is 4.49. The molecule has 1 aromatic rings. The molecular formula is C10H14ClNOS. The minimum atomic E-state index is 0.348. The molecule has 2 unspecified atom stereocenters. The molecule has 14 heavy (non-hydrogen) atoms. The average molecular weight is 232 g/mol. The van der Waals surface area contributed by atoms with E-state index in [1.54, 1.807) is 0 Å². The van der Waals surface area contributed by atoms with E-state index in [1.165, 1.54) is 24.2 Å². The normalized spacial score (nSPS) is 27.6. The van der Waals surface area contributed by atoms with Crippen LogP contribution in [0.15, 0.2) is 5.38 Å². The lowest BCUT2D eigenvalue weighted by molar-refractivity contribution is 0.129. The van der Waals surface area contributed by atoms with Gasteiger partial charge in [0, 0.05) is 5.38 Å². The van der Waals surface area contributed by atoms with Gasteiger partial charge in [-0.15, -0.1) is 0 Å². The number of nitrogens with zero attached hydrogens (tertiary/aromatic N) is 1. The molecule has 0 amide bonds.